The first-order valence-electron chi connectivity index (χ1n) is 7.02. The Morgan fingerprint density at radius 2 is 1.17 bits per heavy atom. The molecule has 8 nitrogen and oxygen atoms in total. The van der Waals surface area contributed by atoms with Gasteiger partial charge in [-0.15, -0.1) is 0 Å². The molecule has 6 N–H and O–H groups in total. The largest absolute Gasteiger partial charge is 0.481 e. The van der Waals surface area contributed by atoms with Crippen LogP contribution >= 0.6 is 0 Å². The first-order chi connectivity index (χ1) is 9.67. The van der Waals surface area contributed by atoms with E-state index in [0.717, 1.165) is 26.7 Å². The van der Waals surface area contributed by atoms with Crippen molar-refractivity contribution in [2.75, 3.05) is 0 Å². The number of ether oxygens (including phenoxy) is 1. The average Bonchev–Trinajstić information content (AvgIpc) is 2.06. The lowest BCUT2D eigenvalue weighted by Gasteiger charge is -2.45. The molecule has 8 heteroatoms. The fourth-order valence-corrected chi connectivity index (χ4v) is 2.55. The summed E-state index contributed by atoms with van der Waals surface area (Å²) in [6, 6.07) is 0. The summed E-state index contributed by atoms with van der Waals surface area (Å²) in [4.78, 5) is 28.9. The van der Waals surface area contributed by atoms with Gasteiger partial charge in [0, 0.05) is 44.7 Å². The Bertz CT molecular complexity index is 357. The van der Waals surface area contributed by atoms with Crippen LogP contribution in [0.1, 0.15) is 61.3 Å². The van der Waals surface area contributed by atoms with Crippen LogP contribution in [0.25, 0.3) is 0 Å². The second kappa shape index (κ2) is 11.0. The number of carboxylic acid groups (broad SMARTS) is 2. The summed E-state index contributed by atoms with van der Waals surface area (Å²) < 4.78 is 5.28. The minimum absolute atomic E-state index is 0. The molecule has 0 atom stereocenters. The van der Waals surface area contributed by atoms with Crippen LogP contribution in [0.2, 0.25) is 0 Å². The predicted molar refractivity (Wildman–Crippen MR) is 87.7 cm³/mol. The summed E-state index contributed by atoms with van der Waals surface area (Å²) in [6.07, 6.45) is 1.82. The highest BCUT2D eigenvalue weighted by molar-refractivity contribution is 5.66. The highest BCUT2D eigenvalue weighted by atomic mass is 16.5. The van der Waals surface area contributed by atoms with E-state index in [-0.39, 0.29) is 29.3 Å². The second-order valence-electron chi connectivity index (χ2n) is 6.57. The number of aliphatic carboxylic acids is 2. The van der Waals surface area contributed by atoms with Crippen molar-refractivity contribution in [1.82, 2.24) is 11.5 Å². The molecule has 0 bridgehead atoms. The number of hydrogen-bond acceptors (Lipinski definition) is 6. The molecular weight excluding hydrogens is 304 g/mol. The zero-order valence-corrected chi connectivity index (χ0v) is 15.2. The van der Waals surface area contributed by atoms with E-state index in [4.69, 9.17) is 24.5 Å². The Hall–Kier alpha value is -1.67. The number of carboxylic acids is 2. The molecule has 0 amide bonds. The number of hydrogen-bond donors (Lipinski definition) is 4. The number of esters is 1. The summed E-state index contributed by atoms with van der Waals surface area (Å²) in [5.41, 5.74) is 0.0870. The van der Waals surface area contributed by atoms with E-state index in [1.54, 1.807) is 0 Å². The van der Waals surface area contributed by atoms with Gasteiger partial charge in [0.15, 0.2) is 0 Å². The molecule has 1 saturated heterocycles. The van der Waals surface area contributed by atoms with Crippen molar-refractivity contribution >= 4 is 17.9 Å². The standard InChI is InChI=1S/C11H21NO2.2C2H4O2.H3N/c1-8(13)14-9-6-10(2,3)12-11(4,5)7-9;2*1-2(3)4;/h9,12H,6-7H2,1-5H3;2*1H3,(H,3,4);1H3. The van der Waals surface area contributed by atoms with Crippen molar-refractivity contribution < 1.29 is 29.3 Å². The van der Waals surface area contributed by atoms with Crippen LogP contribution in [-0.4, -0.2) is 45.3 Å². The monoisotopic (exact) mass is 336 g/mol. The third kappa shape index (κ3) is 20.3. The van der Waals surface area contributed by atoms with Gasteiger partial charge in [0.25, 0.3) is 11.9 Å². The molecule has 1 rings (SSSR count). The van der Waals surface area contributed by atoms with E-state index < -0.39 is 11.9 Å². The van der Waals surface area contributed by atoms with Gasteiger partial charge >= 0.3 is 5.97 Å². The molecule has 0 aromatic rings. The highest BCUT2D eigenvalue weighted by Gasteiger charge is 2.38. The maximum absolute atomic E-state index is 10.9. The lowest BCUT2D eigenvalue weighted by atomic mass is 9.81. The number of carbonyl (C=O) groups is 3. The van der Waals surface area contributed by atoms with E-state index in [1.165, 1.54) is 6.92 Å². The minimum Gasteiger partial charge on any atom is -0.481 e. The van der Waals surface area contributed by atoms with Gasteiger partial charge in [-0.3, -0.25) is 14.4 Å². The molecule has 1 fully saturated rings. The Balaban J connectivity index is -0.000000374. The summed E-state index contributed by atoms with van der Waals surface area (Å²) in [7, 11) is 0. The molecule has 23 heavy (non-hydrogen) atoms. The van der Waals surface area contributed by atoms with Crippen LogP contribution in [0, 0.1) is 0 Å². The van der Waals surface area contributed by atoms with Gasteiger partial charge in [0.05, 0.1) is 0 Å². The van der Waals surface area contributed by atoms with E-state index in [1.807, 2.05) is 0 Å². The molecule has 1 aliphatic heterocycles. The number of piperidine rings is 1. The van der Waals surface area contributed by atoms with Gasteiger partial charge < -0.3 is 26.4 Å². The van der Waals surface area contributed by atoms with E-state index in [2.05, 4.69) is 33.0 Å². The maximum atomic E-state index is 10.9. The molecule has 0 saturated carbocycles. The van der Waals surface area contributed by atoms with E-state index in [0.29, 0.717) is 0 Å². The zero-order valence-electron chi connectivity index (χ0n) is 15.2. The zero-order chi connectivity index (χ0) is 18.1. The van der Waals surface area contributed by atoms with E-state index in [9.17, 15) is 4.79 Å². The third-order valence-electron chi connectivity index (χ3n) is 2.49. The average molecular weight is 336 g/mol. The quantitative estimate of drug-likeness (QED) is 0.532. The van der Waals surface area contributed by atoms with Gasteiger partial charge in [-0.1, -0.05) is 0 Å². The molecule has 0 aliphatic carbocycles. The normalized spacial score (nSPS) is 17.9. The number of carbonyl (C=O) groups excluding carboxylic acids is 1. The fraction of sp³-hybridized carbons (Fsp3) is 0.800. The number of nitrogens with one attached hydrogen (secondary N) is 1. The summed E-state index contributed by atoms with van der Waals surface area (Å²) in [5, 5.41) is 18.4. The van der Waals surface area contributed by atoms with Gasteiger partial charge in [-0.2, -0.15) is 0 Å². The van der Waals surface area contributed by atoms with Gasteiger partial charge in [0.1, 0.15) is 6.10 Å². The first-order valence-corrected chi connectivity index (χ1v) is 7.02. The van der Waals surface area contributed by atoms with Gasteiger partial charge in [0.2, 0.25) is 0 Å². The SMILES string of the molecule is CC(=O)O.CC(=O)O.CC(=O)OC1CC(C)(C)NC(C)(C)C1.N. The molecular formula is C15H32N2O6. The van der Waals surface area contributed by atoms with Crippen molar-refractivity contribution in [2.24, 2.45) is 0 Å². The highest BCUT2D eigenvalue weighted by Crippen LogP contribution is 2.30. The van der Waals surface area contributed by atoms with Crippen LogP contribution in [0.5, 0.6) is 0 Å². The molecule has 0 radical (unpaired) electrons. The molecule has 0 unspecified atom stereocenters. The summed E-state index contributed by atoms with van der Waals surface area (Å²) >= 11 is 0. The van der Waals surface area contributed by atoms with Crippen LogP contribution < -0.4 is 11.5 Å². The molecule has 0 aromatic heterocycles. The number of rotatable bonds is 1. The lowest BCUT2D eigenvalue weighted by molar-refractivity contribution is -0.150. The Kier molecular flexibility index (Phi) is 12.5. The predicted octanol–water partition coefficient (Wildman–Crippen LogP) is 2.20. The Morgan fingerprint density at radius 3 is 1.39 bits per heavy atom. The van der Waals surface area contributed by atoms with Crippen LogP contribution in [0.4, 0.5) is 0 Å². The van der Waals surface area contributed by atoms with Crippen molar-refractivity contribution in [3.05, 3.63) is 0 Å². The molecule has 0 spiro atoms. The van der Waals surface area contributed by atoms with Crippen molar-refractivity contribution in [3.63, 3.8) is 0 Å². The Morgan fingerprint density at radius 1 is 0.913 bits per heavy atom. The molecule has 0 aromatic carbocycles. The smallest absolute Gasteiger partial charge is 0.302 e. The summed E-state index contributed by atoms with van der Waals surface area (Å²) in [6.45, 7) is 12.2. The van der Waals surface area contributed by atoms with Crippen LogP contribution in [0.15, 0.2) is 0 Å². The van der Waals surface area contributed by atoms with Gasteiger partial charge in [-0.05, 0) is 27.7 Å². The van der Waals surface area contributed by atoms with Gasteiger partial charge in [-0.25, -0.2) is 0 Å². The Labute approximate surface area is 138 Å². The van der Waals surface area contributed by atoms with Crippen molar-refractivity contribution in [2.45, 2.75) is 78.5 Å². The fourth-order valence-electron chi connectivity index (χ4n) is 2.55. The third-order valence-corrected chi connectivity index (χ3v) is 2.49. The van der Waals surface area contributed by atoms with Crippen molar-refractivity contribution in [3.8, 4) is 0 Å². The minimum atomic E-state index is -0.833. The van der Waals surface area contributed by atoms with Crippen LogP contribution in [0.3, 0.4) is 0 Å². The molecule has 1 heterocycles. The maximum Gasteiger partial charge on any atom is 0.302 e. The second-order valence-corrected chi connectivity index (χ2v) is 6.57. The van der Waals surface area contributed by atoms with Crippen LogP contribution in [-0.2, 0) is 19.1 Å². The summed E-state index contributed by atoms with van der Waals surface area (Å²) in [5.74, 6) is -1.84. The molecule has 138 valence electrons. The first kappa shape index (κ1) is 26.2. The van der Waals surface area contributed by atoms with E-state index >= 15 is 0 Å². The topological polar surface area (TPSA) is 148 Å². The van der Waals surface area contributed by atoms with Crippen molar-refractivity contribution in [1.29, 1.82) is 0 Å². The lowest BCUT2D eigenvalue weighted by Crippen LogP contribution is -2.59. The molecule has 1 aliphatic rings.